The van der Waals surface area contributed by atoms with Crippen LogP contribution in [0.15, 0.2) is 109 Å². The summed E-state index contributed by atoms with van der Waals surface area (Å²) in [6, 6.07) is 0. The largest absolute Gasteiger partial charge is 0.472 e. The van der Waals surface area contributed by atoms with E-state index in [0.717, 1.165) is 109 Å². The van der Waals surface area contributed by atoms with Crippen LogP contribution in [0.5, 0.6) is 0 Å². The molecule has 424 valence electrons. The van der Waals surface area contributed by atoms with Crippen LogP contribution in [0.2, 0.25) is 0 Å². The Hall–Kier alpha value is -3.33. The van der Waals surface area contributed by atoms with Crippen molar-refractivity contribution >= 4 is 19.8 Å². The maximum absolute atomic E-state index is 12.8. The fraction of sp³-hybridized carbons (Fsp3) is 0.688. The predicted molar refractivity (Wildman–Crippen MR) is 316 cm³/mol. The molecule has 2 atom stereocenters. The summed E-state index contributed by atoms with van der Waals surface area (Å²) >= 11 is 0. The Morgan fingerprint density at radius 2 is 0.730 bits per heavy atom. The highest BCUT2D eigenvalue weighted by molar-refractivity contribution is 7.47. The van der Waals surface area contributed by atoms with Gasteiger partial charge >= 0.3 is 19.8 Å². The summed E-state index contributed by atoms with van der Waals surface area (Å²) in [6.07, 6.45) is 76.0. The minimum absolute atomic E-state index is 0.0247. The summed E-state index contributed by atoms with van der Waals surface area (Å²) < 4.78 is 34.5. The van der Waals surface area contributed by atoms with Gasteiger partial charge in [0.05, 0.1) is 27.7 Å². The van der Waals surface area contributed by atoms with Gasteiger partial charge in [0.1, 0.15) is 19.8 Å². The highest BCUT2D eigenvalue weighted by Crippen LogP contribution is 2.43. The smallest absolute Gasteiger partial charge is 0.462 e. The summed E-state index contributed by atoms with van der Waals surface area (Å²) in [4.78, 5) is 35.6. The number of ether oxygens (including phenoxy) is 2. The average Bonchev–Trinajstić information content (AvgIpc) is 3.36. The number of phosphoric acid groups is 1. The van der Waals surface area contributed by atoms with Crippen molar-refractivity contribution in [3.63, 3.8) is 0 Å². The quantitative estimate of drug-likeness (QED) is 0.0211. The van der Waals surface area contributed by atoms with Crippen molar-refractivity contribution in [1.29, 1.82) is 0 Å². The maximum atomic E-state index is 12.8. The summed E-state index contributed by atoms with van der Waals surface area (Å²) in [7, 11) is 1.46. The van der Waals surface area contributed by atoms with Gasteiger partial charge in [0.15, 0.2) is 6.10 Å². The molecule has 0 aromatic rings. The third-order valence-corrected chi connectivity index (χ3v) is 13.3. The molecule has 1 N–H and O–H groups in total. The van der Waals surface area contributed by atoms with Crippen LogP contribution in [0, 0.1) is 0 Å². The molecule has 10 heteroatoms. The van der Waals surface area contributed by atoms with Gasteiger partial charge in [-0.1, -0.05) is 232 Å². The molecule has 0 bridgehead atoms. The molecule has 0 fully saturated rings. The number of carbonyl (C=O) groups is 2. The lowest BCUT2D eigenvalue weighted by Gasteiger charge is -2.24. The van der Waals surface area contributed by atoms with E-state index in [1.54, 1.807) is 0 Å². The molecule has 0 aliphatic heterocycles. The molecule has 0 rings (SSSR count). The number of quaternary nitrogens is 1. The normalized spacial score (nSPS) is 14.1. The molecule has 0 aliphatic rings. The Bertz CT molecular complexity index is 1620. The first-order valence-electron chi connectivity index (χ1n) is 29.6. The Labute approximate surface area is 455 Å². The van der Waals surface area contributed by atoms with Crippen LogP contribution in [0.1, 0.15) is 232 Å². The first kappa shape index (κ1) is 70.7. The van der Waals surface area contributed by atoms with Gasteiger partial charge in [0.25, 0.3) is 0 Å². The van der Waals surface area contributed by atoms with E-state index in [2.05, 4.69) is 123 Å². The standard InChI is InChI=1S/C64H110NO8P/c1-6-8-10-12-14-16-18-20-22-23-24-25-26-27-28-29-30-31-32-33-34-35-36-37-38-39-40-41-43-45-47-49-51-53-55-57-64(67)73-62(61-72-74(68,69)71-59-58-65(3,4)5)60-70-63(66)56-54-52-50-48-46-44-42-21-19-17-15-13-11-9-7-2/h8-11,14-17,20-22,24-25,27-28,30-31,42,62H,6-7,12-13,18-19,23,26,29,32-41,43-61H2,1-5H3/p+1/b10-8-,11-9-,16-14-,17-15-,22-20-,25-24-,28-27-,31-30-,42-21-. The molecular weight excluding hydrogens is 942 g/mol. The van der Waals surface area contributed by atoms with Crippen LogP contribution < -0.4 is 0 Å². The Morgan fingerprint density at radius 1 is 0.419 bits per heavy atom. The zero-order chi connectivity index (χ0) is 54.2. The van der Waals surface area contributed by atoms with Gasteiger partial charge in [0, 0.05) is 12.8 Å². The molecule has 2 unspecified atom stereocenters. The van der Waals surface area contributed by atoms with E-state index in [1.807, 2.05) is 21.1 Å². The van der Waals surface area contributed by atoms with Crippen LogP contribution >= 0.6 is 7.82 Å². The molecule has 0 aromatic carbocycles. The zero-order valence-corrected chi connectivity index (χ0v) is 48.9. The van der Waals surface area contributed by atoms with Crippen molar-refractivity contribution in [3.05, 3.63) is 109 Å². The van der Waals surface area contributed by atoms with Crippen molar-refractivity contribution in [3.8, 4) is 0 Å². The van der Waals surface area contributed by atoms with Crippen LogP contribution in [0.3, 0.4) is 0 Å². The predicted octanol–water partition coefficient (Wildman–Crippen LogP) is 18.6. The molecule has 9 nitrogen and oxygen atoms in total. The van der Waals surface area contributed by atoms with Gasteiger partial charge in [-0.25, -0.2) is 4.57 Å². The lowest BCUT2D eigenvalue weighted by atomic mass is 10.0. The van der Waals surface area contributed by atoms with E-state index in [4.69, 9.17) is 18.5 Å². The summed E-state index contributed by atoms with van der Waals surface area (Å²) in [6.45, 7) is 4.18. The average molecular weight is 1050 g/mol. The number of carbonyl (C=O) groups excluding carboxylic acids is 2. The van der Waals surface area contributed by atoms with Crippen molar-refractivity contribution in [2.75, 3.05) is 47.5 Å². The first-order valence-corrected chi connectivity index (χ1v) is 31.1. The lowest BCUT2D eigenvalue weighted by molar-refractivity contribution is -0.870. The number of nitrogens with zero attached hydrogens (tertiary/aromatic N) is 1. The zero-order valence-electron chi connectivity index (χ0n) is 48.0. The fourth-order valence-corrected chi connectivity index (χ4v) is 8.54. The number of rotatable bonds is 53. The molecule has 0 saturated carbocycles. The van der Waals surface area contributed by atoms with Gasteiger partial charge in [-0.2, -0.15) is 0 Å². The van der Waals surface area contributed by atoms with Crippen molar-refractivity contribution in [2.45, 2.75) is 238 Å². The van der Waals surface area contributed by atoms with Gasteiger partial charge in [-0.15, -0.1) is 0 Å². The molecule has 0 radical (unpaired) electrons. The molecule has 0 heterocycles. The van der Waals surface area contributed by atoms with Crippen LogP contribution in [-0.4, -0.2) is 74.9 Å². The van der Waals surface area contributed by atoms with Crippen molar-refractivity contribution in [1.82, 2.24) is 0 Å². The van der Waals surface area contributed by atoms with Gasteiger partial charge < -0.3 is 18.9 Å². The number of allylic oxidation sites excluding steroid dienone is 18. The molecular formula is C64H111NO8P+. The lowest BCUT2D eigenvalue weighted by Crippen LogP contribution is -2.37. The molecule has 0 aromatic heterocycles. The number of hydrogen-bond donors (Lipinski definition) is 1. The topological polar surface area (TPSA) is 108 Å². The van der Waals surface area contributed by atoms with E-state index < -0.39 is 26.5 Å². The van der Waals surface area contributed by atoms with Crippen molar-refractivity contribution in [2.24, 2.45) is 0 Å². The second-order valence-electron chi connectivity index (χ2n) is 20.6. The molecule has 0 amide bonds. The third kappa shape index (κ3) is 57.9. The van der Waals surface area contributed by atoms with E-state index in [0.29, 0.717) is 23.9 Å². The summed E-state index contributed by atoms with van der Waals surface area (Å²) in [5.41, 5.74) is 0. The first-order chi connectivity index (χ1) is 36.0. The van der Waals surface area contributed by atoms with E-state index in [1.165, 1.54) is 83.5 Å². The maximum Gasteiger partial charge on any atom is 0.472 e. The van der Waals surface area contributed by atoms with Gasteiger partial charge in [-0.3, -0.25) is 18.6 Å². The molecule has 74 heavy (non-hydrogen) atoms. The van der Waals surface area contributed by atoms with Crippen LogP contribution in [0.25, 0.3) is 0 Å². The van der Waals surface area contributed by atoms with Gasteiger partial charge in [-0.05, 0) is 96.3 Å². The monoisotopic (exact) mass is 1050 g/mol. The molecule has 0 aliphatic carbocycles. The number of esters is 2. The SMILES string of the molecule is CC/C=C\C/C=C\C/C=C\C/C=C\C/C=C\C/C=C\CCCCCCCCCCCCCCCCCCC(=O)OC(COC(=O)CCCCCCC/C=C\C/C=C\C/C=C\CC)COP(=O)(O)OCC[N+](C)(C)C. The number of likely N-dealkylation sites (N-methyl/N-ethyl adjacent to an activating group) is 1. The highest BCUT2D eigenvalue weighted by Gasteiger charge is 2.27. The van der Waals surface area contributed by atoms with E-state index in [9.17, 15) is 19.0 Å². The highest BCUT2D eigenvalue weighted by atomic mass is 31.2. The fourth-order valence-electron chi connectivity index (χ4n) is 7.80. The van der Waals surface area contributed by atoms with Crippen molar-refractivity contribution < 1.29 is 42.1 Å². The number of phosphoric ester groups is 1. The molecule has 0 spiro atoms. The Kier molecular flexibility index (Phi) is 52.0. The second kappa shape index (κ2) is 54.5. The van der Waals surface area contributed by atoms with E-state index >= 15 is 0 Å². The molecule has 0 saturated heterocycles. The van der Waals surface area contributed by atoms with Crippen LogP contribution in [0.4, 0.5) is 0 Å². The minimum Gasteiger partial charge on any atom is -0.462 e. The summed E-state index contributed by atoms with van der Waals surface area (Å²) in [5.74, 6) is -0.819. The Morgan fingerprint density at radius 3 is 1.08 bits per heavy atom. The van der Waals surface area contributed by atoms with E-state index in [-0.39, 0.29) is 32.0 Å². The van der Waals surface area contributed by atoms with Crippen LogP contribution in [-0.2, 0) is 32.7 Å². The number of unbranched alkanes of at least 4 members (excludes halogenated alkanes) is 21. The second-order valence-corrected chi connectivity index (χ2v) is 22.1. The third-order valence-electron chi connectivity index (χ3n) is 12.3. The minimum atomic E-state index is -4.39. The Balaban J connectivity index is 4.06. The summed E-state index contributed by atoms with van der Waals surface area (Å²) in [5, 5.41) is 0. The number of hydrogen-bond acceptors (Lipinski definition) is 7. The van der Waals surface area contributed by atoms with Gasteiger partial charge in [0.2, 0.25) is 0 Å².